The van der Waals surface area contributed by atoms with Gasteiger partial charge in [0.15, 0.2) is 0 Å². The van der Waals surface area contributed by atoms with E-state index in [1.54, 1.807) is 24.3 Å². The number of hydrogen-bond donors (Lipinski definition) is 2. The normalized spacial score (nSPS) is 26.1. The number of benzene rings is 1. The number of methoxy groups -OCH3 is 1. The van der Waals surface area contributed by atoms with Crippen molar-refractivity contribution >= 4 is 35.4 Å². The highest BCUT2D eigenvalue weighted by Gasteiger charge is 2.68. The highest BCUT2D eigenvalue weighted by molar-refractivity contribution is 7.98. The molecule has 2 fully saturated rings. The first-order valence-corrected chi connectivity index (χ1v) is 11.9. The Labute approximate surface area is 198 Å². The molecule has 2 saturated heterocycles. The van der Waals surface area contributed by atoms with E-state index in [-0.39, 0.29) is 18.7 Å². The van der Waals surface area contributed by atoms with E-state index in [0.717, 1.165) is 11.0 Å². The van der Waals surface area contributed by atoms with Crippen molar-refractivity contribution in [3.63, 3.8) is 0 Å². The Balaban J connectivity index is 1.78. The van der Waals surface area contributed by atoms with E-state index in [9.17, 15) is 29.6 Å². The van der Waals surface area contributed by atoms with Crippen LogP contribution >= 0.6 is 11.8 Å². The Morgan fingerprint density at radius 2 is 2.03 bits per heavy atom. The number of ether oxygens (including phenoxy) is 1. The van der Waals surface area contributed by atoms with Crippen LogP contribution in [0.15, 0.2) is 40.8 Å². The molecule has 0 saturated carbocycles. The maximum Gasteiger partial charge on any atom is 0.433 e. The number of hydrogen-bond acceptors (Lipinski definition) is 9. The topological polar surface area (TPSA) is 152 Å². The summed E-state index contributed by atoms with van der Waals surface area (Å²) in [4.78, 5) is 50.9. The fourth-order valence-electron chi connectivity index (χ4n) is 4.91. The van der Waals surface area contributed by atoms with E-state index in [1.165, 1.54) is 24.9 Å². The van der Waals surface area contributed by atoms with Crippen molar-refractivity contribution in [3.05, 3.63) is 57.8 Å². The largest absolute Gasteiger partial charge is 0.496 e. The van der Waals surface area contributed by atoms with Crippen LogP contribution < -0.4 is 10.1 Å². The first kappa shape index (κ1) is 23.8. The highest BCUT2D eigenvalue weighted by atomic mass is 32.2. The number of rotatable bonds is 9. The van der Waals surface area contributed by atoms with E-state index in [1.807, 2.05) is 6.26 Å². The minimum atomic E-state index is -1.67. The van der Waals surface area contributed by atoms with E-state index >= 15 is 0 Å². The lowest BCUT2D eigenvalue weighted by molar-refractivity contribution is -0.402. The number of furan rings is 1. The third-order valence-electron chi connectivity index (χ3n) is 6.44. The molecular formula is C22H23N3O8S. The molecule has 2 N–H and O–H groups in total. The monoisotopic (exact) mass is 489 g/mol. The minimum absolute atomic E-state index is 0.0558. The van der Waals surface area contributed by atoms with Crippen LogP contribution in [0.2, 0.25) is 0 Å². The quantitative estimate of drug-likeness (QED) is 0.305. The van der Waals surface area contributed by atoms with Gasteiger partial charge in [-0.05, 0) is 30.6 Å². The molecule has 34 heavy (non-hydrogen) atoms. The smallest absolute Gasteiger partial charge is 0.433 e. The van der Waals surface area contributed by atoms with Crippen molar-refractivity contribution in [2.75, 3.05) is 19.1 Å². The number of likely N-dealkylation sites (tertiary alicyclic amines) is 1. The molecule has 0 spiro atoms. The zero-order chi connectivity index (χ0) is 24.6. The van der Waals surface area contributed by atoms with E-state index in [4.69, 9.17) is 9.15 Å². The van der Waals surface area contributed by atoms with Crippen LogP contribution in [0, 0.1) is 22.0 Å². The number of para-hydroxylation sites is 1. The Bertz CT molecular complexity index is 1150. The van der Waals surface area contributed by atoms with Gasteiger partial charge < -0.3 is 14.3 Å². The van der Waals surface area contributed by atoms with E-state index in [2.05, 4.69) is 5.32 Å². The maximum atomic E-state index is 13.6. The Morgan fingerprint density at radius 1 is 1.29 bits per heavy atom. The number of carbonyl (C=O) groups excluding carboxylic acids is 2. The van der Waals surface area contributed by atoms with Gasteiger partial charge >= 0.3 is 11.9 Å². The highest BCUT2D eigenvalue weighted by Crippen LogP contribution is 2.52. The first-order chi connectivity index (χ1) is 16.2. The summed E-state index contributed by atoms with van der Waals surface area (Å²) in [5.41, 5.74) is -1.10. The SMILES string of the molecule is COc1ccccc1C1NC(CCSC)(C(=O)O)C2C(=O)N(Cc3ccc([N+](=O)[O-])o3)C(=O)C12. The third-order valence-corrected chi connectivity index (χ3v) is 7.06. The lowest BCUT2D eigenvalue weighted by Crippen LogP contribution is -2.56. The van der Waals surface area contributed by atoms with E-state index in [0.29, 0.717) is 17.1 Å². The predicted octanol–water partition coefficient (Wildman–Crippen LogP) is 2.22. The Kier molecular flexibility index (Phi) is 6.36. The molecule has 4 atom stereocenters. The fourth-order valence-corrected chi connectivity index (χ4v) is 5.44. The summed E-state index contributed by atoms with van der Waals surface area (Å²) in [5, 5.41) is 24.4. The van der Waals surface area contributed by atoms with Crippen molar-refractivity contribution in [1.29, 1.82) is 0 Å². The molecule has 12 heteroatoms. The van der Waals surface area contributed by atoms with Crippen LogP contribution in [0.25, 0.3) is 0 Å². The molecular weight excluding hydrogens is 466 g/mol. The maximum absolute atomic E-state index is 13.6. The lowest BCUT2D eigenvalue weighted by atomic mass is 9.78. The Morgan fingerprint density at radius 3 is 2.65 bits per heavy atom. The number of nitrogens with zero attached hydrogens (tertiary/aromatic N) is 2. The van der Waals surface area contributed by atoms with E-state index < -0.39 is 52.0 Å². The molecule has 180 valence electrons. The number of nitrogens with one attached hydrogen (secondary N) is 1. The average molecular weight is 490 g/mol. The Hall–Kier alpha value is -3.38. The predicted molar refractivity (Wildman–Crippen MR) is 120 cm³/mol. The second-order valence-electron chi connectivity index (χ2n) is 8.15. The van der Waals surface area contributed by atoms with Crippen molar-refractivity contribution in [2.24, 2.45) is 11.8 Å². The summed E-state index contributed by atoms with van der Waals surface area (Å²) in [7, 11) is 1.47. The van der Waals surface area contributed by atoms with Gasteiger partial charge in [0.1, 0.15) is 22.0 Å². The van der Waals surface area contributed by atoms with Crippen LogP contribution in [0.3, 0.4) is 0 Å². The number of nitro groups is 1. The number of aliphatic carboxylic acids is 1. The van der Waals surface area contributed by atoms with Crippen LogP contribution in [0.1, 0.15) is 23.8 Å². The molecule has 3 heterocycles. The number of carboxylic acid groups (broad SMARTS) is 1. The standard InChI is InChI=1S/C22H23N3O8S/c1-32-14-6-4-3-5-13(14)18-16-17(22(23-18,21(28)29)9-10-34-2)20(27)24(19(16)26)11-12-7-8-15(33-12)25(30)31/h3-8,16-18,23H,9-11H2,1-2H3,(H,28,29). The van der Waals surface area contributed by atoms with Gasteiger partial charge in [-0.1, -0.05) is 18.2 Å². The molecule has 1 aromatic carbocycles. The van der Waals surface area contributed by atoms with Crippen LogP contribution in [0.4, 0.5) is 5.88 Å². The third kappa shape index (κ3) is 3.72. The van der Waals surface area contributed by atoms with Gasteiger partial charge in [-0.25, -0.2) is 0 Å². The summed E-state index contributed by atoms with van der Waals surface area (Å²) in [6.07, 6.45) is 1.95. The molecule has 2 amide bonds. The molecule has 2 aliphatic rings. The number of fused-ring (bicyclic) bond motifs is 1. The van der Waals surface area contributed by atoms with Gasteiger partial charge in [-0.3, -0.25) is 34.7 Å². The number of carboxylic acids is 1. The van der Waals surface area contributed by atoms with Crippen molar-refractivity contribution < 1.29 is 33.6 Å². The molecule has 4 unspecified atom stereocenters. The minimum Gasteiger partial charge on any atom is -0.496 e. The average Bonchev–Trinajstić information content (AvgIpc) is 3.49. The van der Waals surface area contributed by atoms with Crippen LogP contribution in [-0.4, -0.2) is 57.4 Å². The van der Waals surface area contributed by atoms with Gasteiger partial charge in [-0.2, -0.15) is 11.8 Å². The molecule has 0 radical (unpaired) electrons. The molecule has 1 aromatic heterocycles. The second kappa shape index (κ2) is 9.11. The number of amides is 2. The molecule has 2 aliphatic heterocycles. The first-order valence-electron chi connectivity index (χ1n) is 10.5. The number of thioether (sulfide) groups is 1. The second-order valence-corrected chi connectivity index (χ2v) is 9.13. The van der Waals surface area contributed by atoms with Gasteiger partial charge in [0.05, 0.1) is 31.6 Å². The van der Waals surface area contributed by atoms with Crippen molar-refractivity contribution in [2.45, 2.75) is 24.5 Å². The lowest BCUT2D eigenvalue weighted by Gasteiger charge is -2.31. The summed E-state index contributed by atoms with van der Waals surface area (Å²) < 4.78 is 10.6. The van der Waals surface area contributed by atoms with Gasteiger partial charge in [-0.15, -0.1) is 0 Å². The zero-order valence-electron chi connectivity index (χ0n) is 18.4. The molecule has 0 bridgehead atoms. The molecule has 11 nitrogen and oxygen atoms in total. The van der Waals surface area contributed by atoms with Gasteiger partial charge in [0, 0.05) is 11.6 Å². The zero-order valence-corrected chi connectivity index (χ0v) is 19.2. The van der Waals surface area contributed by atoms with Crippen molar-refractivity contribution in [1.82, 2.24) is 10.2 Å². The molecule has 2 aromatic rings. The van der Waals surface area contributed by atoms with Crippen molar-refractivity contribution in [3.8, 4) is 5.75 Å². The van der Waals surface area contributed by atoms with Gasteiger partial charge in [0.25, 0.3) is 0 Å². The summed E-state index contributed by atoms with van der Waals surface area (Å²) in [6.45, 7) is -0.324. The molecule has 0 aliphatic carbocycles. The van der Waals surface area contributed by atoms with Crippen LogP contribution in [0.5, 0.6) is 5.75 Å². The van der Waals surface area contributed by atoms with Gasteiger partial charge in [0.2, 0.25) is 11.8 Å². The van der Waals surface area contributed by atoms with Crippen LogP contribution in [-0.2, 0) is 20.9 Å². The molecule has 4 rings (SSSR count). The summed E-state index contributed by atoms with van der Waals surface area (Å²) in [6, 6.07) is 8.61. The summed E-state index contributed by atoms with van der Waals surface area (Å²) in [5.74, 6) is -4.13. The number of carbonyl (C=O) groups is 3. The number of imide groups is 1. The fraction of sp³-hybridized carbons (Fsp3) is 0.409. The summed E-state index contributed by atoms with van der Waals surface area (Å²) >= 11 is 1.44.